The molecule has 4 unspecified atom stereocenters. The highest BCUT2D eigenvalue weighted by Gasteiger charge is 2.68. The molecule has 9 heteroatoms. The Labute approximate surface area is 324 Å². The first-order valence-corrected chi connectivity index (χ1v) is 20.3. The lowest BCUT2D eigenvalue weighted by atomic mass is 9.51. The van der Waals surface area contributed by atoms with Crippen LogP contribution in [-0.4, -0.2) is 68.8 Å². The Morgan fingerprint density at radius 2 is 1.15 bits per heavy atom. The minimum atomic E-state index is -1.51. The third kappa shape index (κ3) is 5.45. The van der Waals surface area contributed by atoms with E-state index >= 15 is 0 Å². The molecular weight excluding hydrogens is 696 g/mol. The molecule has 12 atom stereocenters. The molecule has 0 aromatic carbocycles. The van der Waals surface area contributed by atoms with Crippen LogP contribution in [0.2, 0.25) is 0 Å². The summed E-state index contributed by atoms with van der Waals surface area (Å²) in [5.41, 5.74) is 0.434. The van der Waals surface area contributed by atoms with Gasteiger partial charge in [0.25, 0.3) is 0 Å². The third-order valence-corrected chi connectivity index (χ3v) is 16.5. The number of fused-ring (bicyclic) bond motifs is 10. The number of carbonyl (C=O) groups excluding carboxylic acids is 5. The maximum Gasteiger partial charge on any atom is 0.303 e. The number of aliphatic hydroxyl groups excluding tert-OH is 1. The summed E-state index contributed by atoms with van der Waals surface area (Å²) in [7, 11) is 0. The van der Waals surface area contributed by atoms with E-state index in [2.05, 4.69) is 26.0 Å². The molecule has 4 fully saturated rings. The summed E-state index contributed by atoms with van der Waals surface area (Å²) >= 11 is 0. The zero-order valence-corrected chi connectivity index (χ0v) is 33.4. The van der Waals surface area contributed by atoms with Gasteiger partial charge >= 0.3 is 5.97 Å². The lowest BCUT2D eigenvalue weighted by Crippen LogP contribution is -2.57. The van der Waals surface area contributed by atoms with Crippen molar-refractivity contribution in [1.29, 1.82) is 0 Å². The molecule has 55 heavy (non-hydrogen) atoms. The Kier molecular flexibility index (Phi) is 9.58. The number of hydrogen-bond donors (Lipinski definition) is 3. The lowest BCUT2D eigenvalue weighted by Gasteiger charge is -2.53. The molecule has 0 amide bonds. The molecule has 8 rings (SSSR count). The number of aliphatic hydroxyl groups is 3. The predicted octanol–water partition coefficient (Wildman–Crippen LogP) is 6.08. The summed E-state index contributed by atoms with van der Waals surface area (Å²) < 4.78 is 4.95. The van der Waals surface area contributed by atoms with Gasteiger partial charge in [0, 0.05) is 28.6 Å². The maximum absolute atomic E-state index is 13.0. The summed E-state index contributed by atoms with van der Waals surface area (Å²) in [5.74, 6) is -0.658. The highest BCUT2D eigenvalue weighted by atomic mass is 16.5. The fourth-order valence-electron chi connectivity index (χ4n) is 13.3. The van der Waals surface area contributed by atoms with E-state index in [9.17, 15) is 39.3 Å². The van der Waals surface area contributed by atoms with Crippen LogP contribution in [0.1, 0.15) is 99.8 Å². The molecule has 0 radical (unpaired) electrons. The van der Waals surface area contributed by atoms with Crippen molar-refractivity contribution in [2.75, 3.05) is 13.2 Å². The van der Waals surface area contributed by atoms with Gasteiger partial charge in [0.05, 0.1) is 0 Å². The minimum Gasteiger partial charge on any atom is -0.458 e. The number of hydrogen-bond acceptors (Lipinski definition) is 9. The van der Waals surface area contributed by atoms with E-state index in [0.717, 1.165) is 38.5 Å². The number of ether oxygens (including phenoxy) is 1. The molecular formula is C46H58O9. The van der Waals surface area contributed by atoms with E-state index in [1.165, 1.54) is 29.2 Å². The Bertz CT molecular complexity index is 1930. The van der Waals surface area contributed by atoms with Gasteiger partial charge in [-0.05, 0) is 125 Å². The van der Waals surface area contributed by atoms with Gasteiger partial charge in [-0.1, -0.05) is 74.3 Å². The summed E-state index contributed by atoms with van der Waals surface area (Å²) in [6.07, 6.45) is 21.8. The molecule has 0 aromatic heterocycles. The van der Waals surface area contributed by atoms with Gasteiger partial charge in [-0.2, -0.15) is 0 Å². The number of Topliss-reactive ketones (excluding diaryl/α,β-unsaturated/α-hetero) is 2. The molecule has 0 aliphatic heterocycles. The van der Waals surface area contributed by atoms with Gasteiger partial charge in [0.1, 0.15) is 17.8 Å². The van der Waals surface area contributed by atoms with Gasteiger partial charge in [-0.3, -0.25) is 24.0 Å². The highest BCUT2D eigenvalue weighted by Crippen LogP contribution is 2.68. The number of ketones is 4. The van der Waals surface area contributed by atoms with Crippen LogP contribution in [0.3, 0.4) is 0 Å². The molecule has 0 heterocycles. The van der Waals surface area contributed by atoms with Crippen LogP contribution < -0.4 is 0 Å². The first-order chi connectivity index (χ1) is 25.7. The average molecular weight is 755 g/mol. The molecule has 3 N–H and O–H groups in total. The number of allylic oxidation sites excluding steroid dienone is 12. The molecule has 0 bridgehead atoms. The van der Waals surface area contributed by atoms with Crippen LogP contribution in [0, 0.1) is 57.2 Å². The number of carbonyl (C=O) groups is 5. The minimum absolute atomic E-state index is 0.0529. The van der Waals surface area contributed by atoms with Crippen molar-refractivity contribution in [3.8, 4) is 0 Å². The molecule has 8 aliphatic rings. The molecule has 9 nitrogen and oxygen atoms in total. The van der Waals surface area contributed by atoms with Crippen LogP contribution in [0.15, 0.2) is 70.9 Å². The fourth-order valence-corrected chi connectivity index (χ4v) is 13.3. The van der Waals surface area contributed by atoms with Crippen LogP contribution in [0.4, 0.5) is 0 Å². The topological polar surface area (TPSA) is 155 Å². The fraction of sp³-hybridized carbons (Fsp3) is 0.630. The first kappa shape index (κ1) is 39.7. The second-order valence-corrected chi connectivity index (χ2v) is 18.9. The van der Waals surface area contributed by atoms with E-state index in [0.29, 0.717) is 18.8 Å². The molecule has 8 aliphatic carbocycles. The molecule has 0 saturated heterocycles. The molecule has 0 aromatic rings. The smallest absolute Gasteiger partial charge is 0.303 e. The lowest BCUT2D eigenvalue weighted by molar-refractivity contribution is -0.167. The Morgan fingerprint density at radius 3 is 1.55 bits per heavy atom. The van der Waals surface area contributed by atoms with Crippen molar-refractivity contribution in [2.24, 2.45) is 57.2 Å². The summed E-state index contributed by atoms with van der Waals surface area (Å²) in [4.78, 5) is 60.4. The number of rotatable bonds is 5. The second kappa shape index (κ2) is 13.3. The van der Waals surface area contributed by atoms with E-state index in [4.69, 9.17) is 4.74 Å². The normalized spacial score (nSPS) is 44.8. The first-order valence-electron chi connectivity index (χ1n) is 20.3. The van der Waals surface area contributed by atoms with Gasteiger partial charge in [-0.25, -0.2) is 0 Å². The zero-order chi connectivity index (χ0) is 40.1. The Morgan fingerprint density at radius 1 is 0.727 bits per heavy atom. The van der Waals surface area contributed by atoms with Crippen molar-refractivity contribution in [3.63, 3.8) is 0 Å². The summed E-state index contributed by atoms with van der Waals surface area (Å²) in [6, 6.07) is 0. The summed E-state index contributed by atoms with van der Waals surface area (Å²) in [6.45, 7) is 12.6. The second-order valence-electron chi connectivity index (χ2n) is 18.9. The molecule has 4 saturated carbocycles. The van der Waals surface area contributed by atoms with E-state index in [-0.39, 0.29) is 58.6 Å². The largest absolute Gasteiger partial charge is 0.458 e. The Balaban J connectivity index is 0.000000170. The summed E-state index contributed by atoms with van der Waals surface area (Å²) in [5, 5.41) is 32.5. The van der Waals surface area contributed by atoms with Crippen molar-refractivity contribution in [3.05, 3.63) is 70.9 Å². The monoisotopic (exact) mass is 754 g/mol. The van der Waals surface area contributed by atoms with Crippen LogP contribution in [0.25, 0.3) is 0 Å². The van der Waals surface area contributed by atoms with Crippen LogP contribution in [0.5, 0.6) is 0 Å². The highest BCUT2D eigenvalue weighted by molar-refractivity contribution is 6.02. The molecule has 296 valence electrons. The third-order valence-electron chi connectivity index (χ3n) is 16.5. The Hall–Kier alpha value is -3.53. The van der Waals surface area contributed by atoms with E-state index in [1.54, 1.807) is 24.3 Å². The van der Waals surface area contributed by atoms with Crippen LogP contribution in [-0.2, 0) is 28.7 Å². The maximum atomic E-state index is 13.0. The van der Waals surface area contributed by atoms with Crippen molar-refractivity contribution in [1.82, 2.24) is 0 Å². The standard InChI is InChI=1S/C24H30O5.C22H28O4/c1-14-11-20-18-6-5-16-12-17(26)7-9-22(16,3)19(18)8-10-23(20,4)24(14,28)21(27)13-29-15(2)25;1-13-10-18-16-5-4-14-11-15(24)6-8-20(14,2)17(16)7-9-21(18,3)22(13,26)19(25)12-23/h7-9,12,14,18,20,28H,5-6,10-11,13H2,1-4H3;6-8,11,13,16,18,23,26H,4-5,9-10,12H2,1-3H3/t14-,18?,20?,22+,23+,24+;13-,16?,18?,20+,21+,22+/m11/s1. The van der Waals surface area contributed by atoms with Gasteiger partial charge in [0.2, 0.25) is 5.78 Å². The zero-order valence-electron chi connectivity index (χ0n) is 33.4. The van der Waals surface area contributed by atoms with Gasteiger partial charge in [-0.15, -0.1) is 0 Å². The van der Waals surface area contributed by atoms with Crippen molar-refractivity contribution >= 4 is 29.1 Å². The average Bonchev–Trinajstić information content (AvgIpc) is 3.49. The predicted molar refractivity (Wildman–Crippen MR) is 206 cm³/mol. The number of esters is 1. The van der Waals surface area contributed by atoms with Crippen molar-refractivity contribution in [2.45, 2.75) is 111 Å². The van der Waals surface area contributed by atoms with E-state index in [1.807, 2.05) is 39.8 Å². The van der Waals surface area contributed by atoms with Crippen molar-refractivity contribution < 1.29 is 44.0 Å². The SMILES string of the molecule is CC(=O)OCC(=O)[C@@]1(O)[C@H](C)CC2C3CCC4=CC(=O)C=C[C@]4(C)C3=CC[C@@]21C.C[C@@H]1CC2C3CCC4=CC(=O)C=C[C@]4(C)C3=CC[C@]2(C)[C@@]1(O)C(=O)CO. The van der Waals surface area contributed by atoms with Gasteiger partial charge < -0.3 is 20.1 Å². The van der Waals surface area contributed by atoms with Gasteiger partial charge in [0.15, 0.2) is 24.0 Å². The quantitative estimate of drug-likeness (QED) is 0.224. The van der Waals surface area contributed by atoms with E-state index < -0.39 is 46.2 Å². The van der Waals surface area contributed by atoms with Crippen LogP contribution >= 0.6 is 0 Å². The molecule has 0 spiro atoms.